The summed E-state index contributed by atoms with van der Waals surface area (Å²) in [5.41, 5.74) is -0.0666. The van der Waals surface area contributed by atoms with Crippen LogP contribution in [0, 0.1) is 10.1 Å². The third-order valence-electron chi connectivity index (χ3n) is 2.10. The highest BCUT2D eigenvalue weighted by Gasteiger charge is 2.07. The van der Waals surface area contributed by atoms with Gasteiger partial charge in [-0.3, -0.25) is 14.9 Å². The first-order valence-electron chi connectivity index (χ1n) is 5.42. The molecule has 0 spiro atoms. The predicted octanol–water partition coefficient (Wildman–Crippen LogP) is 0.731. The van der Waals surface area contributed by atoms with Crippen molar-refractivity contribution in [1.29, 1.82) is 0 Å². The minimum absolute atomic E-state index is 0. The maximum Gasteiger partial charge on any atom is 0.273 e. The number of benzene rings is 1. The Kier molecular flexibility index (Phi) is 8.23. The number of carbonyl (C=O) groups excluding carboxylic acids is 1. The van der Waals surface area contributed by atoms with E-state index in [0.29, 0.717) is 18.8 Å². The van der Waals surface area contributed by atoms with E-state index in [0.717, 1.165) is 0 Å². The molecule has 1 rings (SSSR count). The summed E-state index contributed by atoms with van der Waals surface area (Å²) < 4.78 is 5.15. The monoisotopic (exact) mass is 289 g/mol. The van der Waals surface area contributed by atoms with E-state index in [1.165, 1.54) is 18.2 Å². The van der Waals surface area contributed by atoms with E-state index >= 15 is 0 Å². The van der Waals surface area contributed by atoms with Crippen molar-refractivity contribution in [3.05, 3.63) is 34.4 Å². The van der Waals surface area contributed by atoms with Crippen molar-refractivity contribution in [1.82, 2.24) is 10.6 Å². The lowest BCUT2D eigenvalue weighted by atomic mass is 10.3. The number of halogens is 1. The highest BCUT2D eigenvalue weighted by atomic mass is 35.5. The van der Waals surface area contributed by atoms with Crippen molar-refractivity contribution in [2.75, 3.05) is 26.7 Å². The molecular formula is C11H16ClN3O4. The highest BCUT2D eigenvalue weighted by Crippen LogP contribution is 2.18. The Hall–Kier alpha value is -1.86. The highest BCUT2D eigenvalue weighted by molar-refractivity contribution is 5.85. The van der Waals surface area contributed by atoms with Crippen LogP contribution < -0.4 is 15.4 Å². The number of nitrogens with one attached hydrogen (secondary N) is 2. The smallest absolute Gasteiger partial charge is 0.273 e. The van der Waals surface area contributed by atoms with Crippen LogP contribution in [0.25, 0.3) is 0 Å². The summed E-state index contributed by atoms with van der Waals surface area (Å²) in [6, 6.07) is 5.71. The number of rotatable bonds is 7. The Balaban J connectivity index is 0.00000324. The summed E-state index contributed by atoms with van der Waals surface area (Å²) >= 11 is 0. The van der Waals surface area contributed by atoms with E-state index in [2.05, 4.69) is 10.6 Å². The zero-order valence-electron chi connectivity index (χ0n) is 10.4. The van der Waals surface area contributed by atoms with E-state index < -0.39 is 4.92 Å². The number of carbonyl (C=O) groups is 1. The molecule has 1 aromatic rings. The lowest BCUT2D eigenvalue weighted by Crippen LogP contribution is -2.33. The Bertz CT molecular complexity index is 428. The SMILES string of the molecule is CNCCNC(=O)COc1cccc([N+](=O)[O-])c1.Cl. The second kappa shape index (κ2) is 9.12. The molecule has 7 nitrogen and oxygen atoms in total. The predicted molar refractivity (Wildman–Crippen MR) is 72.8 cm³/mol. The third kappa shape index (κ3) is 6.58. The number of hydrogen-bond donors (Lipinski definition) is 2. The molecule has 0 saturated carbocycles. The van der Waals surface area contributed by atoms with Gasteiger partial charge in [-0.15, -0.1) is 12.4 Å². The van der Waals surface area contributed by atoms with E-state index in [1.54, 1.807) is 13.1 Å². The molecule has 1 amide bonds. The average Bonchev–Trinajstić information content (AvgIpc) is 2.37. The van der Waals surface area contributed by atoms with Gasteiger partial charge < -0.3 is 15.4 Å². The fraction of sp³-hybridized carbons (Fsp3) is 0.364. The van der Waals surface area contributed by atoms with Gasteiger partial charge in [0.05, 0.1) is 11.0 Å². The summed E-state index contributed by atoms with van der Waals surface area (Å²) in [5.74, 6) is 0.0322. The summed E-state index contributed by atoms with van der Waals surface area (Å²) in [4.78, 5) is 21.3. The Labute approximate surface area is 116 Å². The number of ether oxygens (including phenoxy) is 1. The lowest BCUT2D eigenvalue weighted by Gasteiger charge is -2.06. The molecule has 1 aromatic carbocycles. The first kappa shape index (κ1) is 17.1. The summed E-state index contributed by atoms with van der Waals surface area (Å²) in [7, 11) is 1.78. The zero-order chi connectivity index (χ0) is 13.4. The second-order valence-electron chi connectivity index (χ2n) is 3.50. The van der Waals surface area contributed by atoms with E-state index in [9.17, 15) is 14.9 Å². The Morgan fingerprint density at radius 1 is 1.42 bits per heavy atom. The maximum atomic E-state index is 11.3. The van der Waals surface area contributed by atoms with Gasteiger partial charge in [0, 0.05) is 19.2 Å². The Morgan fingerprint density at radius 2 is 2.16 bits per heavy atom. The summed E-state index contributed by atoms with van der Waals surface area (Å²) in [6.07, 6.45) is 0. The van der Waals surface area contributed by atoms with Crippen molar-refractivity contribution in [2.45, 2.75) is 0 Å². The molecule has 2 N–H and O–H groups in total. The van der Waals surface area contributed by atoms with Crippen LogP contribution in [-0.4, -0.2) is 37.6 Å². The van der Waals surface area contributed by atoms with Gasteiger partial charge in [0.2, 0.25) is 0 Å². The van der Waals surface area contributed by atoms with Crippen LogP contribution >= 0.6 is 12.4 Å². The van der Waals surface area contributed by atoms with Crippen molar-refractivity contribution >= 4 is 24.0 Å². The normalized spacial score (nSPS) is 9.32. The van der Waals surface area contributed by atoms with Crippen LogP contribution in [-0.2, 0) is 4.79 Å². The fourth-order valence-corrected chi connectivity index (χ4v) is 1.21. The molecule has 0 aromatic heterocycles. The van der Waals surface area contributed by atoms with Crippen molar-refractivity contribution in [2.24, 2.45) is 0 Å². The van der Waals surface area contributed by atoms with Gasteiger partial charge in [-0.1, -0.05) is 6.07 Å². The molecule has 19 heavy (non-hydrogen) atoms. The van der Waals surface area contributed by atoms with Crippen molar-refractivity contribution < 1.29 is 14.5 Å². The Morgan fingerprint density at radius 3 is 2.79 bits per heavy atom. The quantitative estimate of drug-likeness (QED) is 0.438. The van der Waals surface area contributed by atoms with Gasteiger partial charge in [-0.2, -0.15) is 0 Å². The molecule has 106 valence electrons. The van der Waals surface area contributed by atoms with Gasteiger partial charge >= 0.3 is 0 Å². The molecule has 0 aliphatic carbocycles. The average molecular weight is 290 g/mol. The van der Waals surface area contributed by atoms with Gasteiger partial charge in [-0.05, 0) is 13.1 Å². The number of nitro groups is 1. The molecule has 8 heteroatoms. The van der Waals surface area contributed by atoms with Gasteiger partial charge in [0.15, 0.2) is 6.61 Å². The molecule has 0 fully saturated rings. The molecule has 0 bridgehead atoms. The number of nitrogens with zero attached hydrogens (tertiary/aromatic N) is 1. The lowest BCUT2D eigenvalue weighted by molar-refractivity contribution is -0.384. The molecule has 0 heterocycles. The fourth-order valence-electron chi connectivity index (χ4n) is 1.21. The van der Waals surface area contributed by atoms with E-state index in [-0.39, 0.29) is 30.6 Å². The first-order chi connectivity index (χ1) is 8.63. The van der Waals surface area contributed by atoms with Crippen LogP contribution in [0.5, 0.6) is 5.75 Å². The van der Waals surface area contributed by atoms with Crippen LogP contribution in [0.15, 0.2) is 24.3 Å². The summed E-state index contributed by atoms with van der Waals surface area (Å²) in [5, 5.41) is 16.0. The van der Waals surface area contributed by atoms with E-state index in [1.807, 2.05) is 0 Å². The van der Waals surface area contributed by atoms with Crippen LogP contribution in [0.1, 0.15) is 0 Å². The van der Waals surface area contributed by atoms with Crippen LogP contribution in [0.2, 0.25) is 0 Å². The number of nitro benzene ring substituents is 1. The minimum atomic E-state index is -0.514. The number of non-ortho nitro benzene ring substituents is 1. The third-order valence-corrected chi connectivity index (χ3v) is 2.10. The van der Waals surface area contributed by atoms with Crippen LogP contribution in [0.4, 0.5) is 5.69 Å². The molecule has 0 unspecified atom stereocenters. The van der Waals surface area contributed by atoms with Gasteiger partial charge in [-0.25, -0.2) is 0 Å². The summed E-state index contributed by atoms with van der Waals surface area (Å²) in [6.45, 7) is 1.01. The van der Waals surface area contributed by atoms with Gasteiger partial charge in [0.1, 0.15) is 5.75 Å². The molecule has 0 aliphatic heterocycles. The topological polar surface area (TPSA) is 93.5 Å². The second-order valence-corrected chi connectivity index (χ2v) is 3.50. The van der Waals surface area contributed by atoms with Crippen LogP contribution in [0.3, 0.4) is 0 Å². The molecule has 0 atom stereocenters. The maximum absolute atomic E-state index is 11.3. The molecule has 0 saturated heterocycles. The largest absolute Gasteiger partial charge is 0.484 e. The standard InChI is InChI=1S/C11H15N3O4.ClH/c1-12-5-6-13-11(15)8-18-10-4-2-3-9(7-10)14(16)17;/h2-4,7,12H,5-6,8H2,1H3,(H,13,15);1H. The molecular weight excluding hydrogens is 274 g/mol. The van der Waals surface area contributed by atoms with Gasteiger partial charge in [0.25, 0.3) is 11.6 Å². The minimum Gasteiger partial charge on any atom is -0.484 e. The number of likely N-dealkylation sites (N-methyl/N-ethyl adjacent to an activating group) is 1. The van der Waals surface area contributed by atoms with Crippen molar-refractivity contribution in [3.63, 3.8) is 0 Å². The van der Waals surface area contributed by atoms with Crippen molar-refractivity contribution in [3.8, 4) is 5.75 Å². The number of amides is 1. The number of hydrogen-bond acceptors (Lipinski definition) is 5. The molecule has 0 aliphatic rings. The zero-order valence-corrected chi connectivity index (χ0v) is 11.2. The first-order valence-corrected chi connectivity index (χ1v) is 5.42. The molecule has 0 radical (unpaired) electrons. The van der Waals surface area contributed by atoms with E-state index in [4.69, 9.17) is 4.74 Å².